The van der Waals surface area contributed by atoms with Gasteiger partial charge in [-0.25, -0.2) is 5.48 Å². The summed E-state index contributed by atoms with van der Waals surface area (Å²) in [7, 11) is 0. The molecular formula is C34H48N4O6. The topological polar surface area (TPSA) is 124 Å². The van der Waals surface area contributed by atoms with E-state index in [4.69, 9.17) is 14.7 Å². The fourth-order valence-corrected chi connectivity index (χ4v) is 6.69. The van der Waals surface area contributed by atoms with Crippen LogP contribution in [0.3, 0.4) is 0 Å². The van der Waals surface area contributed by atoms with Crippen LogP contribution >= 0.6 is 0 Å². The number of hydroxylamine groups is 1. The molecule has 0 bridgehead atoms. The SMILES string of the molecule is O=C(CCCCCC(=O)Nc1cccc(C2OC(CN3CCCC3CN3CCCC3)CC(c3ccc(CO)cc3)O2)c1)NO. The quantitative estimate of drug-likeness (QED) is 0.139. The molecule has 0 aromatic heterocycles. The largest absolute Gasteiger partial charge is 0.392 e. The van der Waals surface area contributed by atoms with Crippen molar-refractivity contribution in [2.75, 3.05) is 38.0 Å². The molecule has 10 heteroatoms. The van der Waals surface area contributed by atoms with Gasteiger partial charge in [-0.15, -0.1) is 0 Å². The average Bonchev–Trinajstić information content (AvgIpc) is 3.73. The molecule has 240 valence electrons. The van der Waals surface area contributed by atoms with Crippen molar-refractivity contribution in [3.63, 3.8) is 0 Å². The summed E-state index contributed by atoms with van der Waals surface area (Å²) in [5.74, 6) is -0.496. The van der Waals surface area contributed by atoms with Gasteiger partial charge >= 0.3 is 0 Å². The Hall–Kier alpha value is -2.86. The van der Waals surface area contributed by atoms with Gasteiger partial charge in [0.25, 0.3) is 0 Å². The van der Waals surface area contributed by atoms with Gasteiger partial charge in [0.05, 0.1) is 18.8 Å². The fourth-order valence-electron chi connectivity index (χ4n) is 6.69. The maximum atomic E-state index is 12.6. The van der Waals surface area contributed by atoms with Gasteiger partial charge in [-0.1, -0.05) is 42.8 Å². The Morgan fingerprint density at radius 3 is 2.39 bits per heavy atom. The molecule has 3 fully saturated rings. The highest BCUT2D eigenvalue weighted by molar-refractivity contribution is 5.90. The van der Waals surface area contributed by atoms with E-state index in [9.17, 15) is 14.7 Å². The smallest absolute Gasteiger partial charge is 0.243 e. The summed E-state index contributed by atoms with van der Waals surface area (Å²) >= 11 is 0. The van der Waals surface area contributed by atoms with Gasteiger partial charge in [-0.3, -0.25) is 19.7 Å². The maximum absolute atomic E-state index is 12.6. The summed E-state index contributed by atoms with van der Waals surface area (Å²) in [6, 6.07) is 16.2. The number of unbranched alkanes of at least 4 members (excludes halogenated alkanes) is 2. The van der Waals surface area contributed by atoms with Gasteiger partial charge in [0.15, 0.2) is 6.29 Å². The number of aliphatic hydroxyl groups is 1. The first-order chi connectivity index (χ1) is 21.5. The van der Waals surface area contributed by atoms with E-state index in [-0.39, 0.29) is 31.1 Å². The second-order valence-corrected chi connectivity index (χ2v) is 12.4. The summed E-state index contributed by atoms with van der Waals surface area (Å²) in [5, 5.41) is 21.1. The Balaban J connectivity index is 1.23. The minimum Gasteiger partial charge on any atom is -0.392 e. The lowest BCUT2D eigenvalue weighted by Gasteiger charge is -2.39. The summed E-state index contributed by atoms with van der Waals surface area (Å²) in [4.78, 5) is 29.0. The Morgan fingerprint density at radius 2 is 1.64 bits per heavy atom. The van der Waals surface area contributed by atoms with E-state index in [0.29, 0.717) is 31.0 Å². The summed E-state index contributed by atoms with van der Waals surface area (Å²) in [6.07, 6.45) is 7.66. The van der Waals surface area contributed by atoms with Crippen LogP contribution in [0.15, 0.2) is 48.5 Å². The fraction of sp³-hybridized carbons (Fsp3) is 0.588. The minimum atomic E-state index is -0.578. The lowest BCUT2D eigenvalue weighted by atomic mass is 9.99. The number of hydrogen-bond donors (Lipinski definition) is 4. The van der Waals surface area contributed by atoms with Gasteiger partial charge in [-0.05, 0) is 81.4 Å². The van der Waals surface area contributed by atoms with Crippen LogP contribution in [-0.2, 0) is 25.7 Å². The number of aliphatic hydroxyl groups excluding tert-OH is 1. The molecule has 0 saturated carbocycles. The molecule has 3 aliphatic heterocycles. The monoisotopic (exact) mass is 608 g/mol. The Morgan fingerprint density at radius 1 is 0.864 bits per heavy atom. The molecule has 2 aromatic rings. The zero-order valence-corrected chi connectivity index (χ0v) is 25.7. The number of nitrogens with one attached hydrogen (secondary N) is 2. The minimum absolute atomic E-state index is 0.00686. The molecule has 44 heavy (non-hydrogen) atoms. The van der Waals surface area contributed by atoms with Crippen LogP contribution < -0.4 is 10.8 Å². The van der Waals surface area contributed by atoms with Crippen molar-refractivity contribution in [1.82, 2.24) is 15.3 Å². The highest BCUT2D eigenvalue weighted by Gasteiger charge is 2.36. The third-order valence-corrected chi connectivity index (χ3v) is 9.09. The summed E-state index contributed by atoms with van der Waals surface area (Å²) in [5.41, 5.74) is 5.11. The number of amides is 2. The predicted molar refractivity (Wildman–Crippen MR) is 167 cm³/mol. The van der Waals surface area contributed by atoms with Gasteiger partial charge in [0, 0.05) is 49.6 Å². The van der Waals surface area contributed by atoms with E-state index >= 15 is 0 Å². The van der Waals surface area contributed by atoms with Crippen LogP contribution in [0.5, 0.6) is 0 Å². The number of anilines is 1. The zero-order valence-electron chi connectivity index (χ0n) is 25.7. The number of carbonyl (C=O) groups is 2. The normalized spacial score (nSPS) is 24.4. The zero-order chi connectivity index (χ0) is 30.7. The Labute approximate surface area is 260 Å². The first-order valence-electron chi connectivity index (χ1n) is 16.3. The highest BCUT2D eigenvalue weighted by Crippen LogP contribution is 2.39. The summed E-state index contributed by atoms with van der Waals surface area (Å²) in [6.45, 7) is 5.52. The molecule has 3 heterocycles. The molecule has 4 atom stereocenters. The predicted octanol–water partition coefficient (Wildman–Crippen LogP) is 4.68. The number of ether oxygens (including phenoxy) is 2. The number of carbonyl (C=O) groups excluding carboxylic acids is 2. The van der Waals surface area contributed by atoms with E-state index in [1.54, 1.807) is 5.48 Å². The lowest BCUT2D eigenvalue weighted by molar-refractivity contribution is -0.253. The van der Waals surface area contributed by atoms with Crippen LogP contribution in [0.25, 0.3) is 0 Å². The van der Waals surface area contributed by atoms with E-state index in [1.165, 1.54) is 38.8 Å². The van der Waals surface area contributed by atoms with E-state index in [0.717, 1.165) is 49.2 Å². The number of hydrogen-bond acceptors (Lipinski definition) is 8. The van der Waals surface area contributed by atoms with Crippen LogP contribution in [0.1, 0.15) is 93.3 Å². The number of likely N-dealkylation sites (tertiary alicyclic amines) is 2. The molecule has 0 spiro atoms. The second-order valence-electron chi connectivity index (χ2n) is 12.4. The number of rotatable bonds is 14. The Kier molecular flexibility index (Phi) is 12.2. The first-order valence-corrected chi connectivity index (χ1v) is 16.3. The molecule has 0 aliphatic carbocycles. The van der Waals surface area contributed by atoms with E-state index in [1.807, 2.05) is 48.5 Å². The maximum Gasteiger partial charge on any atom is 0.243 e. The van der Waals surface area contributed by atoms with Crippen molar-refractivity contribution in [3.05, 3.63) is 65.2 Å². The van der Waals surface area contributed by atoms with Gasteiger partial charge in [0.1, 0.15) is 0 Å². The van der Waals surface area contributed by atoms with E-state index < -0.39 is 12.2 Å². The Bertz CT molecular complexity index is 1200. The second kappa shape index (κ2) is 16.5. The van der Waals surface area contributed by atoms with Crippen molar-refractivity contribution >= 4 is 17.5 Å². The third kappa shape index (κ3) is 9.32. The van der Waals surface area contributed by atoms with Gasteiger partial charge < -0.3 is 24.8 Å². The number of benzene rings is 2. The number of nitrogens with zero attached hydrogens (tertiary/aromatic N) is 2. The van der Waals surface area contributed by atoms with Crippen LogP contribution in [0.2, 0.25) is 0 Å². The molecule has 10 nitrogen and oxygen atoms in total. The molecule has 4 N–H and O–H groups in total. The van der Waals surface area contributed by atoms with Crippen molar-refractivity contribution in [1.29, 1.82) is 0 Å². The van der Waals surface area contributed by atoms with Crippen molar-refractivity contribution in [3.8, 4) is 0 Å². The molecule has 3 aliphatic rings. The van der Waals surface area contributed by atoms with Gasteiger partial charge in [-0.2, -0.15) is 0 Å². The van der Waals surface area contributed by atoms with Crippen LogP contribution in [-0.4, -0.2) is 76.8 Å². The molecule has 0 radical (unpaired) electrons. The van der Waals surface area contributed by atoms with Crippen molar-refractivity contribution < 1.29 is 29.4 Å². The van der Waals surface area contributed by atoms with Crippen LogP contribution in [0, 0.1) is 0 Å². The first kappa shape index (κ1) is 32.5. The third-order valence-electron chi connectivity index (χ3n) is 9.09. The van der Waals surface area contributed by atoms with Crippen molar-refractivity contribution in [2.24, 2.45) is 0 Å². The van der Waals surface area contributed by atoms with Crippen molar-refractivity contribution in [2.45, 2.75) is 95.4 Å². The standard InChI is InChI=1S/C34H48N4O6/c39-24-25-13-15-26(16-14-25)31-21-30(23-38-19-7-10-29(38)22-37-17-4-5-18-37)43-34(44-31)27-8-6-9-28(20-27)35-32(40)11-2-1-3-12-33(41)36-42/h6,8-9,13-16,20,29-31,34,39,42H,1-5,7,10-12,17-19,21-24H2,(H,35,40)(H,36,41). The summed E-state index contributed by atoms with van der Waals surface area (Å²) < 4.78 is 13.2. The molecule has 2 amide bonds. The average molecular weight is 609 g/mol. The molecule has 3 saturated heterocycles. The molecule has 4 unspecified atom stereocenters. The van der Waals surface area contributed by atoms with E-state index in [2.05, 4.69) is 15.1 Å². The highest BCUT2D eigenvalue weighted by atomic mass is 16.7. The molecule has 2 aromatic carbocycles. The lowest BCUT2D eigenvalue weighted by Crippen LogP contribution is -2.45. The van der Waals surface area contributed by atoms with Crippen LogP contribution in [0.4, 0.5) is 5.69 Å². The van der Waals surface area contributed by atoms with Gasteiger partial charge in [0.2, 0.25) is 11.8 Å². The molecular weight excluding hydrogens is 560 g/mol. The molecule has 5 rings (SSSR count).